The zero-order chi connectivity index (χ0) is 20.7. The van der Waals surface area contributed by atoms with Crippen molar-refractivity contribution in [3.8, 4) is 0 Å². The monoisotopic (exact) mass is 407 g/mol. The average Bonchev–Trinajstić information content (AvgIpc) is 3.26. The molecule has 3 heterocycles. The maximum atomic E-state index is 14.2. The van der Waals surface area contributed by atoms with E-state index in [9.17, 15) is 24.1 Å². The van der Waals surface area contributed by atoms with Crippen molar-refractivity contribution in [2.45, 2.75) is 38.0 Å². The molecule has 9 nitrogen and oxygen atoms in total. The molecule has 4 N–H and O–H groups in total. The zero-order valence-corrected chi connectivity index (χ0v) is 15.3. The van der Waals surface area contributed by atoms with Crippen molar-refractivity contribution >= 4 is 17.0 Å². The summed E-state index contributed by atoms with van der Waals surface area (Å²) in [5, 5.41) is 32.3. The number of ether oxygens (including phenoxy) is 1. The molecular formula is C18H19F2N5O4. The quantitative estimate of drug-likeness (QED) is 0.486. The number of imidazole rings is 1. The first-order valence-electron chi connectivity index (χ1n) is 8.89. The van der Waals surface area contributed by atoms with E-state index in [1.54, 1.807) is 6.92 Å². The van der Waals surface area contributed by atoms with Crippen LogP contribution in [-0.4, -0.2) is 59.8 Å². The number of hydrogen-bond donors (Lipinski definition) is 4. The Hall–Kier alpha value is -2.73. The van der Waals surface area contributed by atoms with Gasteiger partial charge in [0.15, 0.2) is 23.2 Å². The molecule has 154 valence electrons. The lowest BCUT2D eigenvalue weighted by Gasteiger charge is -2.16. The van der Waals surface area contributed by atoms with Gasteiger partial charge in [-0.15, -0.1) is 0 Å². The SMILES string of the molecule is Cc1ccc(F)c(CNc2ncnc3c2ncn3C2O[C@H](CO)[C@@H](O)[C@H]2O)c1F. The van der Waals surface area contributed by atoms with Gasteiger partial charge in [0.1, 0.15) is 36.3 Å². The van der Waals surface area contributed by atoms with E-state index >= 15 is 0 Å². The first-order valence-corrected chi connectivity index (χ1v) is 8.89. The predicted molar refractivity (Wildman–Crippen MR) is 96.8 cm³/mol. The van der Waals surface area contributed by atoms with E-state index in [2.05, 4.69) is 20.3 Å². The summed E-state index contributed by atoms with van der Waals surface area (Å²) in [5.41, 5.74) is 0.769. The molecule has 0 bridgehead atoms. The molecule has 1 aliphatic heterocycles. The molecule has 0 aliphatic carbocycles. The fourth-order valence-electron chi connectivity index (χ4n) is 3.33. The summed E-state index contributed by atoms with van der Waals surface area (Å²) >= 11 is 0. The molecule has 1 aliphatic rings. The Morgan fingerprint density at radius 3 is 2.69 bits per heavy atom. The summed E-state index contributed by atoms with van der Waals surface area (Å²) in [7, 11) is 0. The van der Waals surface area contributed by atoms with Crippen LogP contribution in [0.2, 0.25) is 0 Å². The van der Waals surface area contributed by atoms with Gasteiger partial charge in [0.05, 0.1) is 12.9 Å². The molecule has 4 rings (SSSR count). The van der Waals surface area contributed by atoms with E-state index < -0.39 is 42.8 Å². The number of benzene rings is 1. The Morgan fingerprint density at radius 2 is 1.97 bits per heavy atom. The van der Waals surface area contributed by atoms with Crippen LogP contribution in [0.3, 0.4) is 0 Å². The average molecular weight is 407 g/mol. The van der Waals surface area contributed by atoms with Crippen LogP contribution in [-0.2, 0) is 11.3 Å². The van der Waals surface area contributed by atoms with E-state index in [4.69, 9.17) is 4.74 Å². The highest BCUT2D eigenvalue weighted by Gasteiger charge is 2.44. The second-order valence-electron chi connectivity index (χ2n) is 6.79. The van der Waals surface area contributed by atoms with Gasteiger partial charge in [-0.05, 0) is 18.6 Å². The van der Waals surface area contributed by atoms with Crippen LogP contribution in [0.15, 0.2) is 24.8 Å². The molecule has 11 heteroatoms. The molecule has 1 unspecified atom stereocenters. The van der Waals surface area contributed by atoms with Crippen LogP contribution in [0.5, 0.6) is 0 Å². The number of halogens is 2. The van der Waals surface area contributed by atoms with Gasteiger partial charge >= 0.3 is 0 Å². The van der Waals surface area contributed by atoms with Gasteiger partial charge < -0.3 is 25.4 Å². The van der Waals surface area contributed by atoms with Crippen LogP contribution in [0.25, 0.3) is 11.2 Å². The molecule has 0 radical (unpaired) electrons. The maximum Gasteiger partial charge on any atom is 0.167 e. The number of anilines is 1. The second kappa shape index (κ2) is 7.59. The molecule has 1 aromatic carbocycles. The van der Waals surface area contributed by atoms with Crippen LogP contribution in [0, 0.1) is 18.6 Å². The second-order valence-corrected chi connectivity index (χ2v) is 6.79. The number of nitrogens with zero attached hydrogens (tertiary/aromatic N) is 4. The molecule has 0 spiro atoms. The first kappa shape index (κ1) is 19.6. The van der Waals surface area contributed by atoms with Crippen LogP contribution in [0.4, 0.5) is 14.6 Å². The van der Waals surface area contributed by atoms with Gasteiger partial charge in [-0.3, -0.25) is 4.57 Å². The molecule has 1 fully saturated rings. The summed E-state index contributed by atoms with van der Waals surface area (Å²) in [5.74, 6) is -1.08. The predicted octanol–water partition coefficient (Wildman–Crippen LogP) is 0.637. The van der Waals surface area contributed by atoms with Crippen molar-refractivity contribution in [2.75, 3.05) is 11.9 Å². The highest BCUT2D eigenvalue weighted by atomic mass is 19.1. The summed E-state index contributed by atoms with van der Waals surface area (Å²) in [6, 6.07) is 2.56. The van der Waals surface area contributed by atoms with E-state index in [-0.39, 0.29) is 23.6 Å². The number of aliphatic hydroxyl groups excluding tert-OH is 3. The highest BCUT2D eigenvalue weighted by molar-refractivity contribution is 5.82. The minimum absolute atomic E-state index is 0.125. The molecular weight excluding hydrogens is 388 g/mol. The summed E-state index contributed by atoms with van der Waals surface area (Å²) in [6.45, 7) is 0.923. The van der Waals surface area contributed by atoms with Gasteiger partial charge in [0.2, 0.25) is 0 Å². The fourth-order valence-corrected chi connectivity index (χ4v) is 3.33. The Labute approximate surface area is 163 Å². The molecule has 0 saturated carbocycles. The molecule has 1 saturated heterocycles. The number of rotatable bonds is 5. The smallest absolute Gasteiger partial charge is 0.167 e. The largest absolute Gasteiger partial charge is 0.394 e. The third-order valence-electron chi connectivity index (χ3n) is 4.96. The van der Waals surface area contributed by atoms with E-state index in [1.807, 2.05) is 0 Å². The van der Waals surface area contributed by atoms with E-state index in [0.717, 1.165) is 0 Å². The van der Waals surface area contributed by atoms with Gasteiger partial charge in [-0.25, -0.2) is 23.7 Å². The topological polar surface area (TPSA) is 126 Å². The number of fused-ring (bicyclic) bond motifs is 1. The van der Waals surface area contributed by atoms with Crippen molar-refractivity contribution in [3.05, 3.63) is 47.5 Å². The summed E-state index contributed by atoms with van der Waals surface area (Å²) in [6.07, 6.45) is -1.95. The minimum Gasteiger partial charge on any atom is -0.394 e. The Bertz CT molecular complexity index is 1050. The van der Waals surface area contributed by atoms with Crippen LogP contribution >= 0.6 is 0 Å². The van der Waals surface area contributed by atoms with Crippen molar-refractivity contribution in [2.24, 2.45) is 0 Å². The van der Waals surface area contributed by atoms with Crippen molar-refractivity contribution in [1.82, 2.24) is 19.5 Å². The van der Waals surface area contributed by atoms with Gasteiger partial charge in [0.25, 0.3) is 0 Å². The zero-order valence-electron chi connectivity index (χ0n) is 15.3. The molecule has 3 aromatic rings. The number of aryl methyl sites for hydroxylation is 1. The number of aliphatic hydroxyl groups is 3. The highest BCUT2D eigenvalue weighted by Crippen LogP contribution is 2.32. The lowest BCUT2D eigenvalue weighted by atomic mass is 10.1. The number of hydrogen-bond acceptors (Lipinski definition) is 8. The third kappa shape index (κ3) is 3.31. The molecule has 2 aromatic heterocycles. The van der Waals surface area contributed by atoms with Crippen molar-refractivity contribution in [3.63, 3.8) is 0 Å². The third-order valence-corrected chi connectivity index (χ3v) is 4.96. The molecule has 29 heavy (non-hydrogen) atoms. The Balaban J connectivity index is 1.63. The summed E-state index contributed by atoms with van der Waals surface area (Å²) in [4.78, 5) is 12.4. The van der Waals surface area contributed by atoms with Crippen LogP contribution < -0.4 is 5.32 Å². The minimum atomic E-state index is -1.30. The van der Waals surface area contributed by atoms with Gasteiger partial charge in [0, 0.05) is 12.1 Å². The van der Waals surface area contributed by atoms with E-state index in [1.165, 1.54) is 29.4 Å². The Kier molecular flexibility index (Phi) is 5.13. The number of nitrogens with one attached hydrogen (secondary N) is 1. The molecule has 4 atom stereocenters. The van der Waals surface area contributed by atoms with Gasteiger partial charge in [-0.1, -0.05) is 6.07 Å². The lowest BCUT2D eigenvalue weighted by molar-refractivity contribution is -0.0511. The van der Waals surface area contributed by atoms with Gasteiger partial charge in [-0.2, -0.15) is 0 Å². The van der Waals surface area contributed by atoms with E-state index in [0.29, 0.717) is 11.1 Å². The van der Waals surface area contributed by atoms with Crippen molar-refractivity contribution in [1.29, 1.82) is 0 Å². The first-order chi connectivity index (χ1) is 13.9. The lowest BCUT2D eigenvalue weighted by Crippen LogP contribution is -2.33. The normalized spacial score (nSPS) is 24.3. The standard InChI is InChI=1S/C18H19F2N5O4/c1-8-2-3-10(19)9(12(8)20)4-21-16-13-17(23-6-22-16)25(7-24-13)18-15(28)14(27)11(5-26)29-18/h2-3,6-7,11,14-15,18,26-28H,4-5H2,1H3,(H,21,22,23)/t11-,14-,15-,18?/m1/s1. The molecule has 0 amide bonds. The maximum absolute atomic E-state index is 14.2. The fraction of sp³-hybridized carbons (Fsp3) is 0.389. The Morgan fingerprint density at radius 1 is 1.17 bits per heavy atom. The summed E-state index contributed by atoms with van der Waals surface area (Å²) < 4.78 is 35.1. The van der Waals surface area contributed by atoms with Crippen molar-refractivity contribution < 1.29 is 28.8 Å². The van der Waals surface area contributed by atoms with Crippen LogP contribution in [0.1, 0.15) is 17.4 Å². The number of aromatic nitrogens is 4.